The zero-order valence-corrected chi connectivity index (χ0v) is 16.1. The maximum absolute atomic E-state index is 11.9. The Morgan fingerprint density at radius 2 is 1.07 bits per heavy atom. The van der Waals surface area contributed by atoms with Crippen LogP contribution in [0.25, 0.3) is 0 Å². The van der Waals surface area contributed by atoms with E-state index >= 15 is 0 Å². The number of pyridine rings is 1. The zero-order chi connectivity index (χ0) is 20.4. The SMILES string of the molecule is O=S(=O)(O)C(c1ccccc1)c1ccc(C(c2ccccc2)S(=O)(=O)O)nc1. The summed E-state index contributed by atoms with van der Waals surface area (Å²) >= 11 is 0. The van der Waals surface area contributed by atoms with Gasteiger partial charge in [-0.05, 0) is 22.8 Å². The summed E-state index contributed by atoms with van der Waals surface area (Å²) in [5, 5.41) is -2.78. The van der Waals surface area contributed by atoms with Crippen LogP contribution in [-0.4, -0.2) is 30.9 Å². The summed E-state index contributed by atoms with van der Waals surface area (Å²) in [4.78, 5) is 4.07. The molecule has 3 aromatic rings. The van der Waals surface area contributed by atoms with Crippen LogP contribution in [0.3, 0.4) is 0 Å². The molecular formula is C19H17NO6S2. The quantitative estimate of drug-likeness (QED) is 0.589. The number of aromatic nitrogens is 1. The molecule has 3 rings (SSSR count). The summed E-state index contributed by atoms with van der Waals surface area (Å²) in [5.74, 6) is 0. The zero-order valence-electron chi connectivity index (χ0n) is 14.5. The highest BCUT2D eigenvalue weighted by Crippen LogP contribution is 2.32. The Kier molecular flexibility index (Phi) is 5.61. The highest BCUT2D eigenvalue weighted by Gasteiger charge is 2.31. The Balaban J connectivity index is 2.06. The molecule has 0 bridgehead atoms. The second-order valence-electron chi connectivity index (χ2n) is 6.13. The third kappa shape index (κ3) is 4.45. The van der Waals surface area contributed by atoms with Crippen LogP contribution in [0.2, 0.25) is 0 Å². The summed E-state index contributed by atoms with van der Waals surface area (Å²) < 4.78 is 67.0. The molecule has 0 aliphatic heterocycles. The molecule has 146 valence electrons. The average Bonchev–Trinajstić information content (AvgIpc) is 2.63. The summed E-state index contributed by atoms with van der Waals surface area (Å²) in [6.07, 6.45) is 1.18. The fourth-order valence-corrected chi connectivity index (χ4v) is 4.94. The van der Waals surface area contributed by atoms with Crippen molar-refractivity contribution >= 4 is 20.2 Å². The number of hydrogen-bond acceptors (Lipinski definition) is 5. The fraction of sp³-hybridized carbons (Fsp3) is 0.105. The van der Waals surface area contributed by atoms with Gasteiger partial charge in [-0.15, -0.1) is 0 Å². The van der Waals surface area contributed by atoms with Crippen molar-refractivity contribution in [3.63, 3.8) is 0 Å². The predicted molar refractivity (Wildman–Crippen MR) is 104 cm³/mol. The van der Waals surface area contributed by atoms with E-state index in [2.05, 4.69) is 4.98 Å². The molecule has 28 heavy (non-hydrogen) atoms. The van der Waals surface area contributed by atoms with E-state index in [1.165, 1.54) is 18.3 Å². The van der Waals surface area contributed by atoms with Gasteiger partial charge in [0.2, 0.25) is 0 Å². The van der Waals surface area contributed by atoms with Gasteiger partial charge in [0.25, 0.3) is 20.2 Å². The first-order valence-corrected chi connectivity index (χ1v) is 11.2. The minimum absolute atomic E-state index is 0.0274. The van der Waals surface area contributed by atoms with E-state index in [4.69, 9.17) is 0 Å². The molecular weight excluding hydrogens is 402 g/mol. The van der Waals surface area contributed by atoms with Crippen LogP contribution in [0.5, 0.6) is 0 Å². The molecule has 2 N–H and O–H groups in total. The number of hydrogen-bond donors (Lipinski definition) is 2. The Morgan fingerprint density at radius 3 is 1.46 bits per heavy atom. The van der Waals surface area contributed by atoms with E-state index in [1.807, 2.05) is 0 Å². The molecule has 0 aliphatic rings. The maximum Gasteiger partial charge on any atom is 0.277 e. The van der Waals surface area contributed by atoms with Gasteiger partial charge >= 0.3 is 0 Å². The van der Waals surface area contributed by atoms with E-state index in [0.29, 0.717) is 11.1 Å². The topological polar surface area (TPSA) is 122 Å². The average molecular weight is 419 g/mol. The lowest BCUT2D eigenvalue weighted by molar-refractivity contribution is 0.471. The van der Waals surface area contributed by atoms with Gasteiger partial charge < -0.3 is 0 Å². The first kappa shape index (κ1) is 20.2. The van der Waals surface area contributed by atoms with Gasteiger partial charge in [0.05, 0.1) is 5.69 Å². The number of benzene rings is 2. The van der Waals surface area contributed by atoms with Gasteiger partial charge in [-0.25, -0.2) is 0 Å². The Hall–Kier alpha value is -2.59. The van der Waals surface area contributed by atoms with E-state index in [0.717, 1.165) is 0 Å². The van der Waals surface area contributed by atoms with Crippen molar-refractivity contribution in [3.8, 4) is 0 Å². The molecule has 2 unspecified atom stereocenters. The molecule has 0 fully saturated rings. The van der Waals surface area contributed by atoms with E-state index in [9.17, 15) is 25.9 Å². The molecule has 0 aliphatic carbocycles. The van der Waals surface area contributed by atoms with Gasteiger partial charge in [0.15, 0.2) is 5.25 Å². The first-order chi connectivity index (χ1) is 13.2. The lowest BCUT2D eigenvalue weighted by atomic mass is 10.0. The summed E-state index contributed by atoms with van der Waals surface area (Å²) in [6.45, 7) is 0. The van der Waals surface area contributed by atoms with Crippen molar-refractivity contribution in [2.24, 2.45) is 0 Å². The largest absolute Gasteiger partial charge is 0.285 e. The maximum atomic E-state index is 11.9. The van der Waals surface area contributed by atoms with Crippen molar-refractivity contribution in [1.82, 2.24) is 4.98 Å². The molecule has 0 amide bonds. The second kappa shape index (κ2) is 7.80. The van der Waals surface area contributed by atoms with Crippen LogP contribution < -0.4 is 0 Å². The Labute approximate surface area is 163 Å². The molecule has 0 spiro atoms. The van der Waals surface area contributed by atoms with Crippen molar-refractivity contribution in [3.05, 3.63) is 101 Å². The van der Waals surface area contributed by atoms with Gasteiger partial charge in [-0.1, -0.05) is 66.7 Å². The van der Waals surface area contributed by atoms with Crippen LogP contribution in [0, 0.1) is 0 Å². The minimum Gasteiger partial charge on any atom is -0.285 e. The number of nitrogens with zero attached hydrogens (tertiary/aromatic N) is 1. The monoisotopic (exact) mass is 419 g/mol. The van der Waals surface area contributed by atoms with Gasteiger partial charge in [-0.3, -0.25) is 14.1 Å². The van der Waals surface area contributed by atoms with Crippen LogP contribution in [-0.2, 0) is 20.2 Å². The molecule has 0 saturated heterocycles. The van der Waals surface area contributed by atoms with Gasteiger partial charge in [0.1, 0.15) is 5.25 Å². The summed E-state index contributed by atoms with van der Waals surface area (Å²) in [7, 11) is -9.01. The molecule has 0 saturated carbocycles. The fourth-order valence-electron chi connectivity index (χ4n) is 3.01. The van der Waals surface area contributed by atoms with Crippen LogP contribution >= 0.6 is 0 Å². The third-order valence-corrected chi connectivity index (χ3v) is 6.43. The van der Waals surface area contributed by atoms with Crippen molar-refractivity contribution < 1.29 is 25.9 Å². The Morgan fingerprint density at radius 1 is 0.607 bits per heavy atom. The molecule has 1 heterocycles. The highest BCUT2D eigenvalue weighted by atomic mass is 32.2. The van der Waals surface area contributed by atoms with Crippen molar-refractivity contribution in [2.75, 3.05) is 0 Å². The minimum atomic E-state index is -4.51. The van der Waals surface area contributed by atoms with Crippen LogP contribution in [0.15, 0.2) is 79.0 Å². The predicted octanol–water partition coefficient (Wildman–Crippen LogP) is 3.04. The lowest BCUT2D eigenvalue weighted by Crippen LogP contribution is -2.17. The van der Waals surface area contributed by atoms with E-state index in [1.54, 1.807) is 60.7 Å². The van der Waals surface area contributed by atoms with E-state index in [-0.39, 0.29) is 11.3 Å². The first-order valence-electron chi connectivity index (χ1n) is 8.16. The Bertz CT molecular complexity index is 1050. The summed E-state index contributed by atoms with van der Waals surface area (Å²) in [5.41, 5.74) is 0.854. The molecule has 2 atom stereocenters. The normalized spacial score (nSPS) is 14.4. The molecule has 1 aromatic heterocycles. The number of rotatable bonds is 6. The van der Waals surface area contributed by atoms with Crippen molar-refractivity contribution in [1.29, 1.82) is 0 Å². The van der Waals surface area contributed by atoms with Crippen molar-refractivity contribution in [2.45, 2.75) is 10.5 Å². The standard InChI is InChI=1S/C19H17NO6S2/c21-27(22,23)18(14-7-3-1-4-8-14)16-11-12-17(20-13-16)19(28(24,25)26)15-9-5-2-6-10-15/h1-13,18-19H,(H,21,22,23)(H,24,25,26). The third-order valence-electron chi connectivity index (χ3n) is 4.18. The highest BCUT2D eigenvalue weighted by molar-refractivity contribution is 7.86. The lowest BCUT2D eigenvalue weighted by Gasteiger charge is -2.17. The van der Waals surface area contributed by atoms with E-state index < -0.39 is 30.7 Å². The summed E-state index contributed by atoms with van der Waals surface area (Å²) in [6, 6.07) is 18.8. The smallest absolute Gasteiger partial charge is 0.277 e. The molecule has 9 heteroatoms. The second-order valence-corrected chi connectivity index (χ2v) is 9.13. The van der Waals surface area contributed by atoms with Crippen LogP contribution in [0.1, 0.15) is 32.9 Å². The van der Waals surface area contributed by atoms with Crippen LogP contribution in [0.4, 0.5) is 0 Å². The molecule has 0 radical (unpaired) electrons. The molecule has 2 aromatic carbocycles. The van der Waals surface area contributed by atoms with Gasteiger partial charge in [0, 0.05) is 6.20 Å². The van der Waals surface area contributed by atoms with Gasteiger partial charge in [-0.2, -0.15) is 16.8 Å². The molecule has 7 nitrogen and oxygen atoms in total.